The molecule has 2 N–H and O–H groups in total. The highest BCUT2D eigenvalue weighted by atomic mass is 35.5. The van der Waals surface area contributed by atoms with Crippen molar-refractivity contribution in [3.63, 3.8) is 0 Å². The van der Waals surface area contributed by atoms with Crippen molar-refractivity contribution in [1.82, 2.24) is 0 Å². The third-order valence-electron chi connectivity index (χ3n) is 5.47. The number of hydrogen-bond acceptors (Lipinski definition) is 3. The van der Waals surface area contributed by atoms with Crippen molar-refractivity contribution in [2.24, 2.45) is 0 Å². The fourth-order valence-corrected chi connectivity index (χ4v) is 4.91. The molecule has 4 aromatic rings. The van der Waals surface area contributed by atoms with E-state index in [4.69, 9.17) is 11.6 Å². The molecule has 4 nitrogen and oxygen atoms in total. The van der Waals surface area contributed by atoms with Crippen LogP contribution in [0.3, 0.4) is 0 Å². The monoisotopic (exact) mass is 554 g/mol. The van der Waals surface area contributed by atoms with E-state index in [1.165, 1.54) is 11.8 Å². The Morgan fingerprint density at radius 1 is 0.816 bits per heavy atom. The van der Waals surface area contributed by atoms with Gasteiger partial charge in [-0.1, -0.05) is 78.3 Å². The average Bonchev–Trinajstić information content (AvgIpc) is 2.89. The second-order valence-electron chi connectivity index (χ2n) is 8.33. The second-order valence-corrected chi connectivity index (χ2v) is 9.91. The quantitative estimate of drug-likeness (QED) is 0.217. The molecule has 1 atom stereocenters. The van der Waals surface area contributed by atoms with Crippen LogP contribution in [0, 0.1) is 0 Å². The van der Waals surface area contributed by atoms with E-state index in [1.807, 2.05) is 30.3 Å². The SMILES string of the molecule is O=C(Cc1ccccc1)Nc1cccc(SC(C(=O)Nc2cc(C(F)(F)F)ccc2Cl)c2ccccc2)c1. The van der Waals surface area contributed by atoms with Crippen molar-refractivity contribution in [1.29, 1.82) is 0 Å². The summed E-state index contributed by atoms with van der Waals surface area (Å²) in [5.74, 6) is -0.726. The molecule has 0 fully saturated rings. The molecule has 4 rings (SSSR count). The van der Waals surface area contributed by atoms with Crippen LogP contribution in [0.25, 0.3) is 0 Å². The van der Waals surface area contributed by atoms with Gasteiger partial charge in [-0.15, -0.1) is 11.8 Å². The maximum absolute atomic E-state index is 13.4. The van der Waals surface area contributed by atoms with Crippen LogP contribution in [0.4, 0.5) is 24.5 Å². The van der Waals surface area contributed by atoms with Crippen LogP contribution in [0.15, 0.2) is 108 Å². The Kier molecular flexibility index (Phi) is 8.76. The summed E-state index contributed by atoms with van der Waals surface area (Å²) < 4.78 is 39.6. The van der Waals surface area contributed by atoms with Gasteiger partial charge in [0.1, 0.15) is 5.25 Å². The normalized spacial score (nSPS) is 12.0. The lowest BCUT2D eigenvalue weighted by Crippen LogP contribution is -2.20. The number of carbonyl (C=O) groups excluding carboxylic acids is 2. The van der Waals surface area contributed by atoms with Gasteiger partial charge in [0, 0.05) is 10.6 Å². The lowest BCUT2D eigenvalue weighted by atomic mass is 10.1. The van der Waals surface area contributed by atoms with Crippen LogP contribution >= 0.6 is 23.4 Å². The molecule has 0 aliphatic carbocycles. The fourth-order valence-electron chi connectivity index (χ4n) is 3.67. The van der Waals surface area contributed by atoms with Crippen LogP contribution in [0.1, 0.15) is 21.9 Å². The van der Waals surface area contributed by atoms with Gasteiger partial charge in [-0.3, -0.25) is 9.59 Å². The van der Waals surface area contributed by atoms with Gasteiger partial charge in [-0.05, 0) is 47.5 Å². The highest BCUT2D eigenvalue weighted by Gasteiger charge is 2.31. The van der Waals surface area contributed by atoms with Crippen LogP contribution < -0.4 is 10.6 Å². The van der Waals surface area contributed by atoms with Gasteiger partial charge < -0.3 is 10.6 Å². The summed E-state index contributed by atoms with van der Waals surface area (Å²) in [6, 6.07) is 28.0. The van der Waals surface area contributed by atoms with Gasteiger partial charge in [-0.25, -0.2) is 0 Å². The summed E-state index contributed by atoms with van der Waals surface area (Å²) in [4.78, 5) is 26.5. The molecule has 0 bridgehead atoms. The zero-order chi connectivity index (χ0) is 27.1. The Balaban J connectivity index is 1.54. The standard InChI is InChI=1S/C29H22ClF3N2O2S/c30-24-15-14-21(29(31,32)33)17-25(24)35-28(37)27(20-10-5-2-6-11-20)38-23-13-7-12-22(18-23)34-26(36)16-19-8-3-1-4-9-19/h1-15,17-18,27H,16H2,(H,34,36)(H,35,37). The lowest BCUT2D eigenvalue weighted by molar-refractivity contribution is -0.137. The zero-order valence-corrected chi connectivity index (χ0v) is 21.4. The molecular weight excluding hydrogens is 533 g/mol. The molecule has 0 aliphatic heterocycles. The number of alkyl halides is 3. The minimum atomic E-state index is -4.58. The molecule has 0 spiro atoms. The van der Waals surface area contributed by atoms with E-state index in [9.17, 15) is 22.8 Å². The van der Waals surface area contributed by atoms with E-state index in [0.717, 1.165) is 23.8 Å². The molecule has 1 unspecified atom stereocenters. The molecule has 2 amide bonds. The Morgan fingerprint density at radius 3 is 2.18 bits per heavy atom. The van der Waals surface area contributed by atoms with Gasteiger partial charge in [-0.2, -0.15) is 13.2 Å². The third kappa shape index (κ3) is 7.40. The molecule has 194 valence electrons. The molecule has 0 heterocycles. The second kappa shape index (κ2) is 12.2. The molecular formula is C29H22ClF3N2O2S. The fraction of sp³-hybridized carbons (Fsp3) is 0.103. The zero-order valence-electron chi connectivity index (χ0n) is 19.8. The van der Waals surface area contributed by atoms with Crippen molar-refractivity contribution < 1.29 is 22.8 Å². The minimum Gasteiger partial charge on any atom is -0.326 e. The number of rotatable bonds is 8. The average molecular weight is 555 g/mol. The Labute approximate surface area is 227 Å². The van der Waals surface area contributed by atoms with Crippen molar-refractivity contribution >= 4 is 46.6 Å². The third-order valence-corrected chi connectivity index (χ3v) is 7.05. The predicted octanol–water partition coefficient (Wildman–Crippen LogP) is 8.01. The van der Waals surface area contributed by atoms with Gasteiger partial charge in [0.05, 0.1) is 22.7 Å². The van der Waals surface area contributed by atoms with Gasteiger partial charge in [0.25, 0.3) is 0 Å². The summed E-state index contributed by atoms with van der Waals surface area (Å²) in [6.07, 6.45) is -4.37. The molecule has 0 saturated carbocycles. The highest BCUT2D eigenvalue weighted by Crippen LogP contribution is 2.39. The number of anilines is 2. The van der Waals surface area contributed by atoms with Gasteiger partial charge in [0.2, 0.25) is 11.8 Å². The van der Waals surface area contributed by atoms with Crippen molar-refractivity contribution in [3.8, 4) is 0 Å². The first kappa shape index (κ1) is 27.3. The molecule has 0 aliphatic rings. The summed E-state index contributed by atoms with van der Waals surface area (Å²) in [6.45, 7) is 0. The van der Waals surface area contributed by atoms with Gasteiger partial charge in [0.15, 0.2) is 0 Å². The van der Waals surface area contributed by atoms with E-state index >= 15 is 0 Å². The van der Waals surface area contributed by atoms with Crippen molar-refractivity contribution in [3.05, 3.63) is 125 Å². The molecule has 4 aromatic carbocycles. The van der Waals surface area contributed by atoms with E-state index in [1.54, 1.807) is 54.6 Å². The molecule has 0 aromatic heterocycles. The van der Waals surface area contributed by atoms with Crippen LogP contribution in [0.5, 0.6) is 0 Å². The number of hydrogen-bond donors (Lipinski definition) is 2. The topological polar surface area (TPSA) is 58.2 Å². The number of halogens is 4. The smallest absolute Gasteiger partial charge is 0.326 e. The number of carbonyl (C=O) groups is 2. The Morgan fingerprint density at radius 2 is 1.50 bits per heavy atom. The first-order valence-corrected chi connectivity index (χ1v) is 12.8. The summed E-state index contributed by atoms with van der Waals surface area (Å²) in [5, 5.41) is 4.60. The highest BCUT2D eigenvalue weighted by molar-refractivity contribution is 8.00. The number of nitrogens with one attached hydrogen (secondary N) is 2. The van der Waals surface area contributed by atoms with E-state index in [2.05, 4.69) is 10.6 Å². The van der Waals surface area contributed by atoms with Crippen molar-refractivity contribution in [2.75, 3.05) is 10.6 Å². The number of amides is 2. The largest absolute Gasteiger partial charge is 0.416 e. The maximum atomic E-state index is 13.4. The molecule has 38 heavy (non-hydrogen) atoms. The molecule has 0 saturated heterocycles. The van der Waals surface area contributed by atoms with E-state index in [-0.39, 0.29) is 23.0 Å². The van der Waals surface area contributed by atoms with Crippen molar-refractivity contribution in [2.45, 2.75) is 22.7 Å². The first-order valence-electron chi connectivity index (χ1n) is 11.5. The molecule has 0 radical (unpaired) electrons. The van der Waals surface area contributed by atoms with Crippen LogP contribution in [-0.4, -0.2) is 11.8 Å². The first-order chi connectivity index (χ1) is 18.2. The van der Waals surface area contributed by atoms with E-state index < -0.39 is 22.9 Å². The Hall–Kier alpha value is -3.75. The van der Waals surface area contributed by atoms with E-state index in [0.29, 0.717) is 16.1 Å². The predicted molar refractivity (Wildman–Crippen MR) is 145 cm³/mol. The lowest BCUT2D eigenvalue weighted by Gasteiger charge is -2.19. The minimum absolute atomic E-state index is 0.00807. The van der Waals surface area contributed by atoms with Gasteiger partial charge >= 0.3 is 6.18 Å². The number of benzene rings is 4. The van der Waals surface area contributed by atoms with Crippen LogP contribution in [-0.2, 0) is 22.2 Å². The summed E-state index contributed by atoms with van der Waals surface area (Å²) >= 11 is 7.30. The Bertz CT molecular complexity index is 1420. The van der Waals surface area contributed by atoms with Crippen LogP contribution in [0.2, 0.25) is 5.02 Å². The maximum Gasteiger partial charge on any atom is 0.416 e. The molecule has 9 heteroatoms. The summed E-state index contributed by atoms with van der Waals surface area (Å²) in [7, 11) is 0. The summed E-state index contributed by atoms with van der Waals surface area (Å²) in [5.41, 5.74) is 1.04. The number of thioether (sulfide) groups is 1.